The lowest BCUT2D eigenvalue weighted by molar-refractivity contribution is 0.102. The van der Waals surface area contributed by atoms with Gasteiger partial charge in [-0.05, 0) is 18.2 Å². The Hall–Kier alpha value is -1.69. The van der Waals surface area contributed by atoms with Gasteiger partial charge in [0.15, 0.2) is 5.69 Å². The van der Waals surface area contributed by atoms with Crippen molar-refractivity contribution in [2.75, 3.05) is 5.32 Å². The van der Waals surface area contributed by atoms with E-state index < -0.39 is 0 Å². The van der Waals surface area contributed by atoms with E-state index in [1.165, 1.54) is 0 Å². The molecule has 5 nitrogen and oxygen atoms in total. The Morgan fingerprint density at radius 1 is 1.50 bits per heavy atom. The number of hydrogen-bond donors (Lipinski definition) is 1. The molecule has 0 fully saturated rings. The quantitative estimate of drug-likeness (QED) is 0.913. The number of carbonyl (C=O) groups excluding carboxylic acids is 1. The topological polar surface area (TPSA) is 59.8 Å². The van der Waals surface area contributed by atoms with Gasteiger partial charge in [0.1, 0.15) is 5.82 Å². The van der Waals surface area contributed by atoms with Crippen molar-refractivity contribution < 1.29 is 4.79 Å². The van der Waals surface area contributed by atoms with Crippen molar-refractivity contribution >= 4 is 27.7 Å². The van der Waals surface area contributed by atoms with E-state index in [9.17, 15) is 4.79 Å². The van der Waals surface area contributed by atoms with E-state index in [1.807, 2.05) is 0 Å². The molecule has 0 atom stereocenters. The lowest BCUT2D eigenvalue weighted by Gasteiger charge is -2.01. The van der Waals surface area contributed by atoms with Gasteiger partial charge in [-0.15, -0.1) is 0 Å². The first kappa shape index (κ1) is 10.8. The monoisotopic (exact) mass is 280 g/mol. The minimum Gasteiger partial charge on any atom is -0.305 e. The van der Waals surface area contributed by atoms with E-state index in [0.717, 1.165) is 4.47 Å². The van der Waals surface area contributed by atoms with Crippen LogP contribution >= 0.6 is 15.9 Å². The van der Waals surface area contributed by atoms with E-state index in [-0.39, 0.29) is 5.91 Å². The summed E-state index contributed by atoms with van der Waals surface area (Å²) in [7, 11) is 1.76. The lowest BCUT2D eigenvalue weighted by atomic mass is 10.4. The Kier molecular flexibility index (Phi) is 3.00. The summed E-state index contributed by atoms with van der Waals surface area (Å²) in [6, 6.07) is 5.16. The minimum absolute atomic E-state index is 0.272. The fourth-order valence-corrected chi connectivity index (χ4v) is 1.52. The third kappa shape index (κ3) is 2.46. The van der Waals surface area contributed by atoms with E-state index >= 15 is 0 Å². The molecule has 0 aromatic carbocycles. The maximum atomic E-state index is 11.7. The second-order valence-corrected chi connectivity index (χ2v) is 4.10. The molecule has 2 rings (SSSR count). The molecule has 1 amide bonds. The van der Waals surface area contributed by atoms with Crippen LogP contribution in [0.25, 0.3) is 0 Å². The molecule has 0 spiro atoms. The number of pyridine rings is 1. The van der Waals surface area contributed by atoms with Gasteiger partial charge in [0.2, 0.25) is 0 Å². The van der Waals surface area contributed by atoms with E-state index in [4.69, 9.17) is 0 Å². The Morgan fingerprint density at radius 2 is 2.31 bits per heavy atom. The maximum absolute atomic E-state index is 11.7. The van der Waals surface area contributed by atoms with Crippen LogP contribution in [0, 0.1) is 0 Å². The zero-order valence-electron chi connectivity index (χ0n) is 8.51. The van der Waals surface area contributed by atoms with Crippen molar-refractivity contribution in [3.63, 3.8) is 0 Å². The van der Waals surface area contributed by atoms with Crippen molar-refractivity contribution in [2.45, 2.75) is 0 Å². The predicted octanol–water partition coefficient (Wildman–Crippen LogP) is 1.83. The normalized spacial score (nSPS) is 10.1. The molecule has 0 aliphatic heterocycles. The predicted molar refractivity (Wildman–Crippen MR) is 63.1 cm³/mol. The first-order valence-electron chi connectivity index (χ1n) is 4.58. The molecule has 0 saturated heterocycles. The molecule has 0 saturated carbocycles. The summed E-state index contributed by atoms with van der Waals surface area (Å²) in [6.07, 6.45) is 3.32. The smallest absolute Gasteiger partial charge is 0.277 e. The number of aromatic nitrogens is 3. The number of carbonyl (C=O) groups is 1. The van der Waals surface area contributed by atoms with Crippen LogP contribution in [0.2, 0.25) is 0 Å². The van der Waals surface area contributed by atoms with Gasteiger partial charge in [0.05, 0.1) is 0 Å². The fraction of sp³-hybridized carbons (Fsp3) is 0.100. The molecule has 1 N–H and O–H groups in total. The average Bonchev–Trinajstić information content (AvgIpc) is 2.65. The van der Waals surface area contributed by atoms with E-state index in [1.54, 1.807) is 42.3 Å². The second kappa shape index (κ2) is 4.44. The van der Waals surface area contributed by atoms with Crippen LogP contribution in [0.3, 0.4) is 0 Å². The van der Waals surface area contributed by atoms with Crippen LogP contribution in [0.5, 0.6) is 0 Å². The van der Waals surface area contributed by atoms with Crippen LogP contribution in [0.1, 0.15) is 10.5 Å². The molecule has 2 aromatic heterocycles. The van der Waals surface area contributed by atoms with Gasteiger partial charge in [-0.2, -0.15) is 5.10 Å². The highest BCUT2D eigenvalue weighted by atomic mass is 79.9. The van der Waals surface area contributed by atoms with E-state index in [2.05, 4.69) is 31.3 Å². The Morgan fingerprint density at radius 3 is 2.94 bits per heavy atom. The van der Waals surface area contributed by atoms with Crippen LogP contribution in [0.15, 0.2) is 35.1 Å². The van der Waals surface area contributed by atoms with E-state index in [0.29, 0.717) is 11.5 Å². The molecule has 0 aliphatic rings. The molecule has 16 heavy (non-hydrogen) atoms. The van der Waals surface area contributed by atoms with Crippen LogP contribution < -0.4 is 5.32 Å². The standard InChI is InChI=1S/C10H9BrN4O/c1-15-5-3-8(14-15)10(16)13-9-6-7(11)2-4-12-9/h2-6H,1H3,(H,12,13,16). The molecule has 2 aromatic rings. The van der Waals surface area contributed by atoms with Crippen molar-refractivity contribution in [1.82, 2.24) is 14.8 Å². The van der Waals surface area contributed by atoms with Gasteiger partial charge in [-0.1, -0.05) is 15.9 Å². The van der Waals surface area contributed by atoms with Crippen molar-refractivity contribution in [3.8, 4) is 0 Å². The minimum atomic E-state index is -0.272. The Labute approximate surface area is 101 Å². The van der Waals surface area contributed by atoms with Crippen LogP contribution in [-0.4, -0.2) is 20.7 Å². The zero-order valence-corrected chi connectivity index (χ0v) is 10.1. The molecule has 0 bridgehead atoms. The van der Waals surface area contributed by atoms with Crippen molar-refractivity contribution in [3.05, 3.63) is 40.8 Å². The number of amides is 1. The number of hydrogen-bond acceptors (Lipinski definition) is 3. The number of halogens is 1. The molecule has 0 unspecified atom stereocenters. The van der Waals surface area contributed by atoms with Crippen molar-refractivity contribution in [2.24, 2.45) is 7.05 Å². The van der Waals surface area contributed by atoms with Gasteiger partial charge < -0.3 is 5.32 Å². The van der Waals surface area contributed by atoms with Gasteiger partial charge in [-0.25, -0.2) is 4.98 Å². The summed E-state index contributed by atoms with van der Waals surface area (Å²) in [4.78, 5) is 15.7. The largest absolute Gasteiger partial charge is 0.305 e. The van der Waals surface area contributed by atoms with Crippen LogP contribution in [0.4, 0.5) is 5.82 Å². The molecule has 82 valence electrons. The van der Waals surface area contributed by atoms with Gasteiger partial charge in [0.25, 0.3) is 5.91 Å². The molecule has 0 radical (unpaired) electrons. The summed E-state index contributed by atoms with van der Waals surface area (Å²) in [6.45, 7) is 0. The summed E-state index contributed by atoms with van der Waals surface area (Å²) in [5.41, 5.74) is 0.365. The average molecular weight is 281 g/mol. The van der Waals surface area contributed by atoms with Crippen molar-refractivity contribution in [1.29, 1.82) is 0 Å². The van der Waals surface area contributed by atoms with Gasteiger partial charge >= 0.3 is 0 Å². The molecule has 2 heterocycles. The Balaban J connectivity index is 2.13. The second-order valence-electron chi connectivity index (χ2n) is 3.19. The molecule has 0 aliphatic carbocycles. The SMILES string of the molecule is Cn1ccc(C(=O)Nc2cc(Br)ccn2)n1. The fourth-order valence-electron chi connectivity index (χ4n) is 1.19. The highest BCUT2D eigenvalue weighted by Crippen LogP contribution is 2.13. The molecular formula is C10H9BrN4O. The highest BCUT2D eigenvalue weighted by molar-refractivity contribution is 9.10. The maximum Gasteiger partial charge on any atom is 0.277 e. The number of anilines is 1. The number of aryl methyl sites for hydroxylation is 1. The summed E-state index contributed by atoms with van der Waals surface area (Å²) in [5, 5.41) is 6.65. The molecule has 6 heteroatoms. The number of nitrogens with zero attached hydrogens (tertiary/aromatic N) is 3. The Bertz CT molecular complexity index is 523. The summed E-state index contributed by atoms with van der Waals surface area (Å²) >= 11 is 3.30. The summed E-state index contributed by atoms with van der Waals surface area (Å²) in [5.74, 6) is 0.219. The first-order valence-corrected chi connectivity index (χ1v) is 5.37. The summed E-state index contributed by atoms with van der Waals surface area (Å²) < 4.78 is 2.43. The first-order chi connectivity index (χ1) is 7.65. The zero-order chi connectivity index (χ0) is 11.5. The lowest BCUT2D eigenvalue weighted by Crippen LogP contribution is -2.13. The van der Waals surface area contributed by atoms with Crippen LogP contribution in [-0.2, 0) is 7.05 Å². The number of rotatable bonds is 2. The molecular weight excluding hydrogens is 272 g/mol. The highest BCUT2D eigenvalue weighted by Gasteiger charge is 2.09. The third-order valence-electron chi connectivity index (χ3n) is 1.91. The van der Waals surface area contributed by atoms with Gasteiger partial charge in [-0.3, -0.25) is 9.48 Å². The van der Waals surface area contributed by atoms with Gasteiger partial charge in [0, 0.05) is 23.9 Å². The number of nitrogens with one attached hydrogen (secondary N) is 1. The third-order valence-corrected chi connectivity index (χ3v) is 2.40.